The predicted molar refractivity (Wildman–Crippen MR) is 122 cm³/mol. The summed E-state index contributed by atoms with van der Waals surface area (Å²) < 4.78 is 14.9. The van der Waals surface area contributed by atoms with Crippen LogP contribution < -0.4 is 10.6 Å². The molecule has 0 aliphatic carbocycles. The van der Waals surface area contributed by atoms with Crippen molar-refractivity contribution in [3.63, 3.8) is 0 Å². The van der Waals surface area contributed by atoms with Crippen LogP contribution in [0.5, 0.6) is 0 Å². The van der Waals surface area contributed by atoms with Crippen LogP contribution >= 0.6 is 18.9 Å². The van der Waals surface area contributed by atoms with Gasteiger partial charge in [-0.3, -0.25) is 4.99 Å². The maximum Gasteiger partial charge on any atom is 0.152 e. The molecule has 0 amide bonds. The Morgan fingerprint density at radius 2 is 1.44 bits per heavy atom. The van der Waals surface area contributed by atoms with Crippen LogP contribution in [0.1, 0.15) is 34.6 Å². The minimum absolute atomic E-state index is 0.122. The standard InChI is InChI=1S/C23H30NOPS/c1-17(2)20-16-27-22(24-20)21(23(3,4)5)26(25,18-12-8-6-9-13-18)19-14-10-7-11-15-19/h6-15,17,20-21H,16H2,1-5H3/t20-,21+/m1/s1. The minimum Gasteiger partial charge on any atom is -0.313 e. The smallest absolute Gasteiger partial charge is 0.152 e. The molecule has 144 valence electrons. The Morgan fingerprint density at radius 1 is 0.963 bits per heavy atom. The summed E-state index contributed by atoms with van der Waals surface area (Å²) in [4.78, 5) is 5.08. The van der Waals surface area contributed by atoms with Crippen LogP contribution in [0, 0.1) is 11.3 Å². The van der Waals surface area contributed by atoms with Gasteiger partial charge < -0.3 is 4.57 Å². The molecular formula is C23H30NOPS. The number of benzene rings is 2. The van der Waals surface area contributed by atoms with Gasteiger partial charge in [0.05, 0.1) is 16.7 Å². The highest BCUT2D eigenvalue weighted by molar-refractivity contribution is 8.15. The third kappa shape index (κ3) is 4.10. The van der Waals surface area contributed by atoms with E-state index in [9.17, 15) is 4.57 Å². The molecule has 0 aromatic heterocycles. The largest absolute Gasteiger partial charge is 0.313 e. The number of hydrogen-bond acceptors (Lipinski definition) is 3. The first kappa shape index (κ1) is 20.4. The molecule has 1 heterocycles. The summed E-state index contributed by atoms with van der Waals surface area (Å²) in [5.74, 6) is 1.49. The van der Waals surface area contributed by atoms with E-state index in [-0.39, 0.29) is 11.1 Å². The zero-order chi connectivity index (χ0) is 19.7. The molecule has 0 radical (unpaired) electrons. The Balaban J connectivity index is 2.22. The highest BCUT2D eigenvalue weighted by Crippen LogP contribution is 2.57. The van der Waals surface area contributed by atoms with Gasteiger partial charge in [-0.15, -0.1) is 11.8 Å². The second-order valence-electron chi connectivity index (χ2n) is 8.69. The molecule has 3 rings (SSSR count). The molecule has 1 aliphatic heterocycles. The molecule has 0 bridgehead atoms. The van der Waals surface area contributed by atoms with Crippen molar-refractivity contribution in [2.24, 2.45) is 16.3 Å². The molecule has 0 fully saturated rings. The number of rotatable bonds is 5. The summed E-state index contributed by atoms with van der Waals surface area (Å²) in [7, 11) is -2.91. The van der Waals surface area contributed by atoms with Gasteiger partial charge in [0.15, 0.2) is 7.14 Å². The van der Waals surface area contributed by atoms with E-state index in [4.69, 9.17) is 4.99 Å². The van der Waals surface area contributed by atoms with Gasteiger partial charge in [0, 0.05) is 16.4 Å². The average Bonchev–Trinajstić information content (AvgIpc) is 3.11. The van der Waals surface area contributed by atoms with Crippen molar-refractivity contribution < 1.29 is 4.57 Å². The number of nitrogens with zero attached hydrogens (tertiary/aromatic N) is 1. The Labute approximate surface area is 168 Å². The lowest BCUT2D eigenvalue weighted by atomic mass is 9.92. The van der Waals surface area contributed by atoms with Gasteiger partial charge >= 0.3 is 0 Å². The molecule has 0 N–H and O–H groups in total. The molecule has 27 heavy (non-hydrogen) atoms. The van der Waals surface area contributed by atoms with E-state index in [0.29, 0.717) is 12.0 Å². The second kappa shape index (κ2) is 7.97. The van der Waals surface area contributed by atoms with Crippen molar-refractivity contribution in [1.29, 1.82) is 0 Å². The Hall–Kier alpha value is -1.31. The molecule has 2 nitrogen and oxygen atoms in total. The van der Waals surface area contributed by atoms with E-state index in [1.165, 1.54) is 0 Å². The summed E-state index contributed by atoms with van der Waals surface area (Å²) in [5, 5.41) is 2.91. The lowest BCUT2D eigenvalue weighted by Gasteiger charge is -2.37. The van der Waals surface area contributed by atoms with E-state index in [1.54, 1.807) is 0 Å². The molecule has 2 aromatic carbocycles. The average molecular weight is 400 g/mol. The van der Waals surface area contributed by atoms with Gasteiger partial charge in [0.25, 0.3) is 0 Å². The molecule has 0 saturated carbocycles. The molecule has 4 heteroatoms. The lowest BCUT2D eigenvalue weighted by molar-refractivity contribution is 0.431. The number of hydrogen-bond donors (Lipinski definition) is 0. The summed E-state index contributed by atoms with van der Waals surface area (Å²) in [6, 6.07) is 20.3. The van der Waals surface area contributed by atoms with Crippen molar-refractivity contribution in [3.8, 4) is 0 Å². The van der Waals surface area contributed by atoms with E-state index in [2.05, 4.69) is 34.6 Å². The third-order valence-electron chi connectivity index (χ3n) is 5.16. The quantitative estimate of drug-likeness (QED) is 0.614. The van der Waals surface area contributed by atoms with Crippen molar-refractivity contribution in [1.82, 2.24) is 0 Å². The normalized spacial score (nSPS) is 19.2. The van der Waals surface area contributed by atoms with E-state index in [1.807, 2.05) is 72.4 Å². The van der Waals surface area contributed by atoms with Gasteiger partial charge in [-0.05, 0) is 11.3 Å². The highest BCUT2D eigenvalue weighted by Gasteiger charge is 2.47. The van der Waals surface area contributed by atoms with Crippen molar-refractivity contribution in [2.45, 2.75) is 46.3 Å². The first-order valence-corrected chi connectivity index (χ1v) is 12.4. The predicted octanol–water partition coefficient (Wildman–Crippen LogP) is 5.59. The first-order valence-electron chi connectivity index (χ1n) is 9.66. The third-order valence-corrected chi connectivity index (χ3v) is 10.4. The fraction of sp³-hybridized carbons (Fsp3) is 0.435. The summed E-state index contributed by atoms with van der Waals surface area (Å²) in [6.45, 7) is 11.0. The Bertz CT molecular complexity index is 796. The van der Waals surface area contributed by atoms with E-state index >= 15 is 0 Å². The van der Waals surface area contributed by atoms with Gasteiger partial charge in [-0.2, -0.15) is 0 Å². The summed E-state index contributed by atoms with van der Waals surface area (Å²) >= 11 is 1.81. The zero-order valence-electron chi connectivity index (χ0n) is 16.9. The monoisotopic (exact) mass is 399 g/mol. The zero-order valence-corrected chi connectivity index (χ0v) is 18.6. The lowest BCUT2D eigenvalue weighted by Crippen LogP contribution is -2.39. The SMILES string of the molecule is CC(C)[C@H]1CSC([C@@H](C(C)(C)C)P(=O)(c2ccccc2)c2ccccc2)=N1. The van der Waals surface area contributed by atoms with Crippen LogP contribution in [-0.2, 0) is 4.57 Å². The van der Waals surface area contributed by atoms with Gasteiger partial charge in [-0.25, -0.2) is 0 Å². The number of aliphatic imine (C=N–C) groups is 1. The van der Waals surface area contributed by atoms with Crippen molar-refractivity contribution >= 4 is 34.6 Å². The molecule has 0 saturated heterocycles. The van der Waals surface area contributed by atoms with Crippen LogP contribution in [0.2, 0.25) is 0 Å². The van der Waals surface area contributed by atoms with Crippen LogP contribution in [-0.4, -0.2) is 22.5 Å². The van der Waals surface area contributed by atoms with Gasteiger partial charge in [0.2, 0.25) is 0 Å². The van der Waals surface area contributed by atoms with E-state index < -0.39 is 7.14 Å². The molecule has 2 aromatic rings. The van der Waals surface area contributed by atoms with Crippen molar-refractivity contribution in [2.75, 3.05) is 5.75 Å². The minimum atomic E-state index is -2.91. The summed E-state index contributed by atoms with van der Waals surface area (Å²) in [5.41, 5.74) is -0.289. The highest BCUT2D eigenvalue weighted by atomic mass is 32.2. The van der Waals surface area contributed by atoms with Gasteiger partial charge in [0.1, 0.15) is 0 Å². The molecule has 2 atom stereocenters. The molecular weight excluding hydrogens is 369 g/mol. The molecule has 0 unspecified atom stereocenters. The topological polar surface area (TPSA) is 29.4 Å². The van der Waals surface area contributed by atoms with Crippen LogP contribution in [0.15, 0.2) is 65.7 Å². The Morgan fingerprint density at radius 3 is 1.81 bits per heavy atom. The first-order chi connectivity index (χ1) is 12.7. The fourth-order valence-corrected chi connectivity index (χ4v) is 9.50. The fourth-order valence-electron chi connectivity index (χ4n) is 3.72. The number of thioether (sulfide) groups is 1. The summed E-state index contributed by atoms with van der Waals surface area (Å²) in [6.07, 6.45) is 0. The maximum atomic E-state index is 14.9. The van der Waals surface area contributed by atoms with E-state index in [0.717, 1.165) is 21.4 Å². The molecule has 1 aliphatic rings. The second-order valence-corrected chi connectivity index (χ2v) is 12.6. The molecule has 0 spiro atoms. The Kier molecular flexibility index (Phi) is 6.03. The van der Waals surface area contributed by atoms with Crippen LogP contribution in [0.25, 0.3) is 0 Å². The van der Waals surface area contributed by atoms with Gasteiger partial charge in [-0.1, -0.05) is 95.3 Å². The van der Waals surface area contributed by atoms with Crippen LogP contribution in [0.4, 0.5) is 0 Å². The maximum absolute atomic E-state index is 14.9. The van der Waals surface area contributed by atoms with Crippen molar-refractivity contribution in [3.05, 3.63) is 60.7 Å². The van der Waals surface area contributed by atoms with Crippen LogP contribution in [0.3, 0.4) is 0 Å².